The second-order valence-electron chi connectivity index (χ2n) is 8.00. The summed E-state index contributed by atoms with van der Waals surface area (Å²) in [6, 6.07) is 6.15. The molecular formula is C22H33N9. The normalized spacial score (nSPS) is 17.1. The van der Waals surface area contributed by atoms with Crippen LogP contribution in [-0.2, 0) is 0 Å². The number of piperidine rings is 1. The molecule has 0 aliphatic carbocycles. The Morgan fingerprint density at radius 2 is 1.94 bits per heavy atom. The number of H-pyrrole nitrogens is 1. The number of amidine groups is 1. The molecule has 1 fully saturated rings. The Kier molecular flexibility index (Phi) is 6.83. The van der Waals surface area contributed by atoms with Gasteiger partial charge in [0.15, 0.2) is 5.84 Å². The molecule has 1 aromatic carbocycles. The molecule has 0 bridgehead atoms. The van der Waals surface area contributed by atoms with E-state index in [0.717, 1.165) is 45.7 Å². The molecule has 0 radical (unpaired) electrons. The van der Waals surface area contributed by atoms with Gasteiger partial charge in [-0.05, 0) is 51.9 Å². The topological polar surface area (TPSA) is 96.5 Å². The van der Waals surface area contributed by atoms with Crippen LogP contribution in [0.25, 0.3) is 21.9 Å². The molecule has 0 atom stereocenters. The van der Waals surface area contributed by atoms with E-state index >= 15 is 0 Å². The Morgan fingerprint density at radius 1 is 1.10 bits per heavy atom. The number of hydrogen-bond acceptors (Lipinski definition) is 8. The van der Waals surface area contributed by atoms with E-state index in [4.69, 9.17) is 0 Å². The molecular weight excluding hydrogens is 390 g/mol. The maximum atomic E-state index is 4.33. The minimum Gasteiger partial charge on any atom is -0.370 e. The average Bonchev–Trinajstić information content (AvgIpc) is 3.39. The summed E-state index contributed by atoms with van der Waals surface area (Å²) in [6.07, 6.45) is 7.21. The number of likely N-dealkylation sites (tertiary alicyclic amines) is 1. The first-order chi connectivity index (χ1) is 15.2. The summed E-state index contributed by atoms with van der Waals surface area (Å²) in [5.41, 5.74) is 8.78. The molecule has 31 heavy (non-hydrogen) atoms. The number of aromatic nitrogens is 3. The molecule has 0 amide bonds. The highest BCUT2D eigenvalue weighted by Crippen LogP contribution is 2.29. The number of benzene rings is 1. The summed E-state index contributed by atoms with van der Waals surface area (Å²) < 4.78 is 0. The maximum absolute atomic E-state index is 4.33. The Balaban J connectivity index is 0.000000217. The third-order valence-corrected chi connectivity index (χ3v) is 5.58. The SMILES string of the molecule is CCCN1CCCCC1.CCNc1ncnc2[nH]c3cc(C4=NNN(C)N4)ccc3c12. The van der Waals surface area contributed by atoms with E-state index in [1.54, 1.807) is 11.4 Å². The Labute approximate surface area is 183 Å². The second-order valence-corrected chi connectivity index (χ2v) is 8.00. The van der Waals surface area contributed by atoms with Crippen LogP contribution in [0.3, 0.4) is 0 Å². The molecule has 2 aliphatic heterocycles. The van der Waals surface area contributed by atoms with Gasteiger partial charge in [-0.2, -0.15) is 0 Å². The van der Waals surface area contributed by atoms with Gasteiger partial charge in [-0.15, -0.1) is 10.2 Å². The lowest BCUT2D eigenvalue weighted by molar-refractivity contribution is 0.229. The van der Waals surface area contributed by atoms with Gasteiger partial charge in [0.2, 0.25) is 0 Å². The number of aromatic amines is 1. The molecule has 0 spiro atoms. The van der Waals surface area contributed by atoms with Crippen LogP contribution in [0.2, 0.25) is 0 Å². The number of anilines is 1. The fourth-order valence-electron chi connectivity index (χ4n) is 4.14. The molecule has 5 rings (SSSR count). The summed E-state index contributed by atoms with van der Waals surface area (Å²) >= 11 is 0. The van der Waals surface area contributed by atoms with Crippen LogP contribution >= 0.6 is 0 Å². The summed E-state index contributed by atoms with van der Waals surface area (Å²) in [6.45, 7) is 9.15. The first-order valence-corrected chi connectivity index (χ1v) is 11.3. The fourth-order valence-corrected chi connectivity index (χ4v) is 4.14. The number of nitrogens with zero attached hydrogens (tertiary/aromatic N) is 5. The van der Waals surface area contributed by atoms with Gasteiger partial charge in [-0.25, -0.2) is 15.5 Å². The van der Waals surface area contributed by atoms with Crippen molar-refractivity contribution in [2.24, 2.45) is 5.10 Å². The lowest BCUT2D eigenvalue weighted by Crippen LogP contribution is -2.37. The lowest BCUT2D eigenvalue weighted by atomic mass is 10.1. The van der Waals surface area contributed by atoms with Gasteiger partial charge in [0.1, 0.15) is 17.8 Å². The predicted octanol–water partition coefficient (Wildman–Crippen LogP) is 3.04. The van der Waals surface area contributed by atoms with E-state index in [1.807, 2.05) is 20.0 Å². The summed E-state index contributed by atoms with van der Waals surface area (Å²) in [5, 5.41) is 11.3. The first kappa shape index (κ1) is 21.3. The van der Waals surface area contributed by atoms with Crippen LogP contribution in [0, 0.1) is 0 Å². The minimum atomic E-state index is 0.779. The van der Waals surface area contributed by atoms with E-state index in [2.05, 4.69) is 60.3 Å². The zero-order chi connectivity index (χ0) is 21.6. The Bertz CT molecular complexity index is 1030. The van der Waals surface area contributed by atoms with Gasteiger partial charge in [0, 0.05) is 30.1 Å². The highest BCUT2D eigenvalue weighted by Gasteiger charge is 2.15. The van der Waals surface area contributed by atoms with E-state index < -0.39 is 0 Å². The summed E-state index contributed by atoms with van der Waals surface area (Å²) in [4.78, 5) is 14.6. The standard InChI is InChI=1S/C14H16N8.C8H17N/c1-3-15-13-11-9-5-4-8(12-19-21-22(2)20-12)6-10(9)18-14(11)17-7-16-13;1-2-6-9-7-4-3-5-8-9/h4-7,21H,3H2,1-2H3,(H,19,20)(H2,15,16,17,18);2-8H2,1H3. The van der Waals surface area contributed by atoms with Crippen molar-refractivity contribution in [1.29, 1.82) is 0 Å². The lowest BCUT2D eigenvalue weighted by Gasteiger charge is -2.25. The molecule has 0 saturated carbocycles. The van der Waals surface area contributed by atoms with Crippen LogP contribution in [0.1, 0.15) is 45.1 Å². The van der Waals surface area contributed by atoms with Crippen molar-refractivity contribution in [3.8, 4) is 0 Å². The predicted molar refractivity (Wildman–Crippen MR) is 127 cm³/mol. The molecule has 9 heteroatoms. The molecule has 4 N–H and O–H groups in total. The van der Waals surface area contributed by atoms with Crippen molar-refractivity contribution in [2.75, 3.05) is 38.5 Å². The van der Waals surface area contributed by atoms with Crippen LogP contribution in [0.5, 0.6) is 0 Å². The maximum Gasteiger partial charge on any atom is 0.170 e. The number of nitrogens with one attached hydrogen (secondary N) is 4. The van der Waals surface area contributed by atoms with Gasteiger partial charge in [-0.3, -0.25) is 5.43 Å². The van der Waals surface area contributed by atoms with Crippen LogP contribution in [0.15, 0.2) is 29.6 Å². The van der Waals surface area contributed by atoms with Gasteiger partial charge in [0.25, 0.3) is 0 Å². The van der Waals surface area contributed by atoms with Gasteiger partial charge >= 0.3 is 0 Å². The smallest absolute Gasteiger partial charge is 0.170 e. The number of hydrazine groups is 2. The number of fused-ring (bicyclic) bond motifs is 3. The van der Waals surface area contributed by atoms with Crippen molar-refractivity contribution in [3.05, 3.63) is 30.1 Å². The number of hydrogen-bond donors (Lipinski definition) is 4. The van der Waals surface area contributed by atoms with Crippen molar-refractivity contribution in [3.63, 3.8) is 0 Å². The van der Waals surface area contributed by atoms with Gasteiger partial charge < -0.3 is 15.2 Å². The second kappa shape index (κ2) is 9.93. The molecule has 2 aliphatic rings. The molecule has 9 nitrogen and oxygen atoms in total. The van der Waals surface area contributed by atoms with E-state index in [1.165, 1.54) is 45.3 Å². The van der Waals surface area contributed by atoms with Crippen molar-refractivity contribution >= 4 is 33.6 Å². The fraction of sp³-hybridized carbons (Fsp3) is 0.500. The number of rotatable bonds is 5. The average molecular weight is 424 g/mol. The van der Waals surface area contributed by atoms with Crippen LogP contribution in [0.4, 0.5) is 5.82 Å². The van der Waals surface area contributed by atoms with Crippen molar-refractivity contribution in [1.82, 2.24) is 35.9 Å². The van der Waals surface area contributed by atoms with Crippen LogP contribution < -0.4 is 16.3 Å². The highest BCUT2D eigenvalue weighted by molar-refractivity contribution is 6.13. The Hall–Kier alpha value is -2.91. The summed E-state index contributed by atoms with van der Waals surface area (Å²) in [5.74, 6) is 1.63. The monoisotopic (exact) mass is 423 g/mol. The summed E-state index contributed by atoms with van der Waals surface area (Å²) in [7, 11) is 1.86. The van der Waals surface area contributed by atoms with E-state index in [0.29, 0.717) is 0 Å². The molecule has 2 aromatic heterocycles. The van der Waals surface area contributed by atoms with Gasteiger partial charge in [0.05, 0.1) is 5.39 Å². The molecule has 0 unspecified atom stereocenters. The first-order valence-electron chi connectivity index (χ1n) is 11.3. The van der Waals surface area contributed by atoms with Gasteiger partial charge in [-0.1, -0.05) is 25.5 Å². The number of hydrazone groups is 1. The largest absolute Gasteiger partial charge is 0.370 e. The highest BCUT2D eigenvalue weighted by atomic mass is 15.9. The zero-order valence-corrected chi connectivity index (χ0v) is 18.7. The third kappa shape index (κ3) is 4.88. The van der Waals surface area contributed by atoms with E-state index in [-0.39, 0.29) is 0 Å². The molecule has 1 saturated heterocycles. The van der Waals surface area contributed by atoms with Crippen molar-refractivity contribution in [2.45, 2.75) is 39.5 Å². The molecule has 3 aromatic rings. The van der Waals surface area contributed by atoms with E-state index in [9.17, 15) is 0 Å². The molecule has 4 heterocycles. The Morgan fingerprint density at radius 3 is 2.65 bits per heavy atom. The third-order valence-electron chi connectivity index (χ3n) is 5.58. The minimum absolute atomic E-state index is 0.779. The van der Waals surface area contributed by atoms with Crippen LogP contribution in [-0.4, -0.2) is 64.0 Å². The van der Waals surface area contributed by atoms with Crippen molar-refractivity contribution < 1.29 is 0 Å². The molecule has 166 valence electrons. The zero-order valence-electron chi connectivity index (χ0n) is 18.7. The quantitative estimate of drug-likeness (QED) is 0.501.